The van der Waals surface area contributed by atoms with Crippen LogP contribution in [0.25, 0.3) is 10.4 Å². The van der Waals surface area contributed by atoms with E-state index in [0.29, 0.717) is 66.0 Å². The highest BCUT2D eigenvalue weighted by Gasteiger charge is 2.43. The Kier molecular flexibility index (Phi) is 16.8. The van der Waals surface area contributed by atoms with Gasteiger partial charge in [-0.05, 0) is 83.8 Å². The van der Waals surface area contributed by atoms with Crippen LogP contribution in [0.2, 0.25) is 0 Å². The molecule has 5 aromatic carbocycles. The van der Waals surface area contributed by atoms with Gasteiger partial charge in [-0.2, -0.15) is 4.31 Å². The molecule has 19 heteroatoms. The van der Waals surface area contributed by atoms with Crippen molar-refractivity contribution in [3.8, 4) is 11.5 Å². The molecule has 69 heavy (non-hydrogen) atoms. The lowest BCUT2D eigenvalue weighted by Crippen LogP contribution is -2.40. The maximum atomic E-state index is 15.2. The van der Waals surface area contributed by atoms with Gasteiger partial charge >= 0.3 is 12.1 Å². The molecule has 3 atom stereocenters. The molecule has 5 aromatic rings. The monoisotopic (exact) mass is 959 g/mol. The molecule has 0 unspecified atom stereocenters. The predicted octanol–water partition coefficient (Wildman–Crippen LogP) is 9.34. The summed E-state index contributed by atoms with van der Waals surface area (Å²) in [5, 5.41) is 26.1. The highest BCUT2D eigenvalue weighted by atomic mass is 32.2. The van der Waals surface area contributed by atoms with Crippen LogP contribution < -0.4 is 9.47 Å². The zero-order chi connectivity index (χ0) is 48.8. The molecule has 7 rings (SSSR count). The Hall–Kier alpha value is -7.47. The summed E-state index contributed by atoms with van der Waals surface area (Å²) in [6.45, 7) is 0.380. The number of rotatable bonds is 15. The topological polar surface area (TPSA) is 235 Å². The summed E-state index contributed by atoms with van der Waals surface area (Å²) >= 11 is 0. The maximum absolute atomic E-state index is 15.2. The fourth-order valence-corrected chi connectivity index (χ4v) is 10.3. The molecule has 360 valence electrons. The second-order valence-corrected chi connectivity index (χ2v) is 18.6. The van der Waals surface area contributed by atoms with Crippen LogP contribution in [0.3, 0.4) is 0 Å². The van der Waals surface area contributed by atoms with Crippen molar-refractivity contribution in [3.05, 3.63) is 176 Å². The molecule has 0 saturated carbocycles. The Bertz CT molecular complexity index is 2740. The molecule has 0 aliphatic carbocycles. The number of ether oxygens (including phenoxy) is 3. The fraction of sp³-hybridized carbons (Fsp3) is 0.340. The van der Waals surface area contributed by atoms with Gasteiger partial charge in [0.15, 0.2) is 4.90 Å². The third-order valence-electron chi connectivity index (χ3n) is 12.1. The third-order valence-corrected chi connectivity index (χ3v) is 14.0. The van der Waals surface area contributed by atoms with Crippen LogP contribution in [-0.4, -0.2) is 89.8 Å². The number of nitro groups is 1. The molecule has 18 nitrogen and oxygen atoms in total. The summed E-state index contributed by atoms with van der Waals surface area (Å²) in [6, 6.07) is 34.8. The van der Waals surface area contributed by atoms with Crippen molar-refractivity contribution < 1.29 is 47.0 Å². The number of hydrogen-bond donors (Lipinski definition) is 1. The maximum Gasteiger partial charge on any atom is 0.410 e. The number of benzene rings is 5. The number of fused-ring (bicyclic) bond motifs is 1. The highest BCUT2D eigenvalue weighted by Crippen LogP contribution is 2.49. The average molecular weight is 960 g/mol. The number of nitro benzene ring substituents is 1. The third kappa shape index (κ3) is 12.6. The molecule has 0 radical (unpaired) electrons. The van der Waals surface area contributed by atoms with Crippen LogP contribution in [0.1, 0.15) is 84.4 Å². The molecule has 0 fully saturated rings. The number of sulfonamides is 1. The van der Waals surface area contributed by atoms with E-state index >= 15 is 4.79 Å². The molecule has 2 bridgehead atoms. The lowest BCUT2D eigenvalue weighted by molar-refractivity contribution is -0.387. The minimum Gasteiger partial charge on any atom is -0.489 e. The largest absolute Gasteiger partial charge is 0.489 e. The van der Waals surface area contributed by atoms with Gasteiger partial charge in [-0.3, -0.25) is 19.7 Å². The van der Waals surface area contributed by atoms with E-state index in [1.54, 1.807) is 59.5 Å². The molecule has 2 aliphatic heterocycles. The van der Waals surface area contributed by atoms with E-state index in [1.807, 2.05) is 48.5 Å². The van der Waals surface area contributed by atoms with Gasteiger partial charge < -0.3 is 29.1 Å². The average Bonchev–Trinajstić information content (AvgIpc) is 3.74. The van der Waals surface area contributed by atoms with Crippen LogP contribution in [-0.2, 0) is 37.6 Å². The van der Waals surface area contributed by atoms with Crippen LogP contribution in [0.5, 0.6) is 11.5 Å². The first-order valence-corrected chi connectivity index (χ1v) is 24.2. The molecule has 0 spiro atoms. The number of amides is 2. The van der Waals surface area contributed by atoms with E-state index in [4.69, 9.17) is 19.7 Å². The Morgan fingerprint density at radius 3 is 2.17 bits per heavy atom. The first-order chi connectivity index (χ1) is 33.4. The normalized spacial score (nSPS) is 18.0. The zero-order valence-electron chi connectivity index (χ0n) is 37.8. The van der Waals surface area contributed by atoms with Crippen molar-refractivity contribution in [1.29, 1.82) is 0 Å². The molecule has 0 aromatic heterocycles. The number of carbonyl (C=O) groups is 3. The standard InChI is InChI=1S/C50H53N7O11S/c51-53-52-26-12-28-54-27-10-3-11-29-55(69(64,65)45-19-9-8-18-42(45)57(62)63)30-13-31-56(50(61)67-35-37-16-6-2-7-17-37)43(33-46(58)59)39-22-25-44-41(32-39)47(49(54)60)48(68-44)38-20-23-40(24-21-38)66-34-36-14-4-1-5-15-36/h1-2,4-9,14-25,32,43,47-48H,3,10-13,26-31,33-35H2,(H,58,59)/t43-,47+,48-/m0/s1. The summed E-state index contributed by atoms with van der Waals surface area (Å²) in [6.07, 6.45) is -0.725. The molecular formula is C50H53N7O11S. The van der Waals surface area contributed by atoms with Crippen molar-refractivity contribution >= 4 is 33.7 Å². The number of carbonyl (C=O) groups excluding carboxylic acids is 2. The number of carboxylic acids is 1. The van der Waals surface area contributed by atoms with Crippen molar-refractivity contribution in [2.45, 2.75) is 74.7 Å². The Morgan fingerprint density at radius 1 is 0.826 bits per heavy atom. The van der Waals surface area contributed by atoms with Crippen LogP contribution in [0.4, 0.5) is 10.5 Å². The van der Waals surface area contributed by atoms with Crippen molar-refractivity contribution in [1.82, 2.24) is 14.1 Å². The van der Waals surface area contributed by atoms with Gasteiger partial charge in [-0.15, -0.1) is 0 Å². The van der Waals surface area contributed by atoms with E-state index in [9.17, 15) is 33.2 Å². The Morgan fingerprint density at radius 2 is 1.48 bits per heavy atom. The number of para-hydroxylation sites is 1. The molecular weight excluding hydrogens is 907 g/mol. The van der Waals surface area contributed by atoms with E-state index < -0.39 is 62.1 Å². The number of aliphatic carboxylic acids is 1. The highest BCUT2D eigenvalue weighted by molar-refractivity contribution is 7.89. The zero-order valence-corrected chi connectivity index (χ0v) is 38.6. The number of carboxylic acid groups (broad SMARTS) is 1. The van der Waals surface area contributed by atoms with Crippen LogP contribution in [0.15, 0.2) is 137 Å². The van der Waals surface area contributed by atoms with E-state index in [2.05, 4.69) is 10.0 Å². The van der Waals surface area contributed by atoms with Gasteiger partial charge in [-0.1, -0.05) is 103 Å². The van der Waals surface area contributed by atoms with Crippen molar-refractivity contribution in [2.75, 3.05) is 39.3 Å². The van der Waals surface area contributed by atoms with Crippen LogP contribution in [0, 0.1) is 10.1 Å². The van der Waals surface area contributed by atoms with Gasteiger partial charge in [0.1, 0.15) is 36.7 Å². The molecule has 1 N–H and O–H groups in total. The van der Waals surface area contributed by atoms with Gasteiger partial charge in [0.25, 0.3) is 5.69 Å². The number of azide groups is 1. The predicted molar refractivity (Wildman–Crippen MR) is 254 cm³/mol. The van der Waals surface area contributed by atoms with Gasteiger partial charge in [0.2, 0.25) is 15.9 Å². The summed E-state index contributed by atoms with van der Waals surface area (Å²) in [4.78, 5) is 58.9. The lowest BCUT2D eigenvalue weighted by atomic mass is 9.87. The first-order valence-electron chi connectivity index (χ1n) is 22.7. The second-order valence-electron chi connectivity index (χ2n) is 16.7. The van der Waals surface area contributed by atoms with E-state index in [1.165, 1.54) is 23.1 Å². The SMILES string of the molecule is [N-]=[N+]=NCCCN1CCCCCN(S(=O)(=O)c2ccccc2[N+](=O)[O-])CCCN(C(=O)OCc2ccccc2)[C@@H](CC(=O)O)c2ccc3c(c2)[C@@H](C1=O)[C@H](c1ccc(OCc2ccccc2)cc1)O3. The molecule has 0 saturated heterocycles. The minimum atomic E-state index is -4.48. The summed E-state index contributed by atoms with van der Waals surface area (Å²) < 4.78 is 48.3. The minimum absolute atomic E-state index is 0.00231. The number of nitrogens with zero attached hydrogens (tertiary/aromatic N) is 7. The lowest BCUT2D eigenvalue weighted by Gasteiger charge is -2.32. The Labute approximate surface area is 399 Å². The summed E-state index contributed by atoms with van der Waals surface area (Å²) in [5.41, 5.74) is 11.6. The van der Waals surface area contributed by atoms with Gasteiger partial charge in [0.05, 0.1) is 17.4 Å². The summed E-state index contributed by atoms with van der Waals surface area (Å²) in [7, 11) is -4.48. The van der Waals surface area contributed by atoms with Gasteiger partial charge in [-0.25, -0.2) is 13.2 Å². The quantitative estimate of drug-likeness (QED) is 0.0259. The molecule has 2 aliphatic rings. The summed E-state index contributed by atoms with van der Waals surface area (Å²) in [5.74, 6) is -1.50. The van der Waals surface area contributed by atoms with E-state index in [0.717, 1.165) is 15.9 Å². The van der Waals surface area contributed by atoms with Crippen molar-refractivity contribution in [2.24, 2.45) is 5.11 Å². The van der Waals surface area contributed by atoms with Crippen molar-refractivity contribution in [3.63, 3.8) is 0 Å². The number of hydrogen-bond acceptors (Lipinski definition) is 11. The van der Waals surface area contributed by atoms with E-state index in [-0.39, 0.29) is 58.2 Å². The van der Waals surface area contributed by atoms with Crippen LogP contribution >= 0.6 is 0 Å². The molecule has 2 heterocycles. The molecule has 2 amide bonds. The first kappa shape index (κ1) is 49.4. The Balaban J connectivity index is 1.28. The fourth-order valence-electron chi connectivity index (χ4n) is 8.67. The smallest absolute Gasteiger partial charge is 0.410 e. The van der Waals surface area contributed by atoms with Gasteiger partial charge in [0, 0.05) is 55.8 Å². The second kappa shape index (κ2) is 23.5.